The first-order valence-corrected chi connectivity index (χ1v) is 5.29. The molecule has 0 spiro atoms. The van der Waals surface area contributed by atoms with Gasteiger partial charge in [-0.2, -0.15) is 11.3 Å². The van der Waals surface area contributed by atoms with Crippen molar-refractivity contribution in [3.8, 4) is 0 Å². The summed E-state index contributed by atoms with van der Waals surface area (Å²) >= 11 is 3.71. The number of thiophene rings is 1. The molecule has 0 atom stereocenters. The summed E-state index contributed by atoms with van der Waals surface area (Å²) in [7, 11) is 0. The Kier molecular flexibility index (Phi) is 1.82. The van der Waals surface area contributed by atoms with Gasteiger partial charge in [-0.1, -0.05) is 0 Å². The Morgan fingerprint density at radius 1 is 1.30 bits per heavy atom. The smallest absolute Gasteiger partial charge is 0.00151 e. The summed E-state index contributed by atoms with van der Waals surface area (Å²) in [6.45, 7) is 0. The summed E-state index contributed by atoms with van der Waals surface area (Å²) in [4.78, 5) is 0. The SMILES string of the molecule is C1=Cc2cscc2CCS1. The van der Waals surface area contributed by atoms with E-state index in [9.17, 15) is 0 Å². The zero-order chi connectivity index (χ0) is 6.81. The van der Waals surface area contributed by atoms with Crippen LogP contribution in [-0.2, 0) is 6.42 Å². The van der Waals surface area contributed by atoms with Crippen LogP contribution in [0.25, 0.3) is 6.08 Å². The number of fused-ring (bicyclic) bond motifs is 1. The molecule has 0 radical (unpaired) electrons. The molecule has 2 heteroatoms. The molecule has 0 nitrogen and oxygen atoms in total. The first-order chi connectivity index (χ1) is 4.97. The van der Waals surface area contributed by atoms with Crippen LogP contribution >= 0.6 is 23.1 Å². The van der Waals surface area contributed by atoms with E-state index >= 15 is 0 Å². The Bertz CT molecular complexity index is 248. The maximum atomic E-state index is 2.26. The monoisotopic (exact) mass is 168 g/mol. The van der Waals surface area contributed by atoms with Gasteiger partial charge in [0.25, 0.3) is 0 Å². The Hall–Kier alpha value is -0.210. The molecule has 0 amide bonds. The Morgan fingerprint density at radius 2 is 2.30 bits per heavy atom. The van der Waals surface area contributed by atoms with Gasteiger partial charge in [0.1, 0.15) is 0 Å². The molecule has 2 rings (SSSR count). The van der Waals surface area contributed by atoms with Gasteiger partial charge in [0.15, 0.2) is 0 Å². The molecule has 2 heterocycles. The van der Waals surface area contributed by atoms with Gasteiger partial charge < -0.3 is 0 Å². The Balaban J connectivity index is 2.42. The molecule has 1 aromatic rings. The fourth-order valence-corrected chi connectivity index (χ4v) is 2.62. The molecule has 0 N–H and O–H groups in total. The third kappa shape index (κ3) is 1.13. The molecule has 0 aliphatic carbocycles. The fraction of sp³-hybridized carbons (Fsp3) is 0.250. The highest BCUT2D eigenvalue weighted by Crippen LogP contribution is 2.23. The van der Waals surface area contributed by atoms with Crippen molar-refractivity contribution in [2.45, 2.75) is 6.42 Å². The molecule has 0 aromatic carbocycles. The van der Waals surface area contributed by atoms with Gasteiger partial charge in [0, 0.05) is 5.75 Å². The third-order valence-corrected chi connectivity index (χ3v) is 3.19. The second-order valence-corrected chi connectivity index (χ2v) is 4.03. The summed E-state index contributed by atoms with van der Waals surface area (Å²) in [6, 6.07) is 0. The zero-order valence-corrected chi connectivity index (χ0v) is 7.17. The van der Waals surface area contributed by atoms with Crippen LogP contribution in [-0.4, -0.2) is 5.75 Å². The van der Waals surface area contributed by atoms with Crippen molar-refractivity contribution < 1.29 is 0 Å². The van der Waals surface area contributed by atoms with Crippen LogP contribution in [0.3, 0.4) is 0 Å². The molecule has 1 aliphatic heterocycles. The lowest BCUT2D eigenvalue weighted by Gasteiger charge is -1.91. The van der Waals surface area contributed by atoms with E-state index in [0.29, 0.717) is 0 Å². The van der Waals surface area contributed by atoms with Crippen molar-refractivity contribution in [2.75, 3.05) is 5.75 Å². The highest BCUT2D eigenvalue weighted by atomic mass is 32.2. The second kappa shape index (κ2) is 2.81. The molecule has 10 heavy (non-hydrogen) atoms. The average molecular weight is 168 g/mol. The second-order valence-electron chi connectivity index (χ2n) is 2.28. The van der Waals surface area contributed by atoms with Crippen molar-refractivity contribution in [3.63, 3.8) is 0 Å². The van der Waals surface area contributed by atoms with Gasteiger partial charge >= 0.3 is 0 Å². The number of hydrogen-bond donors (Lipinski definition) is 0. The van der Waals surface area contributed by atoms with Crippen LogP contribution in [0.15, 0.2) is 16.2 Å². The summed E-state index contributed by atoms with van der Waals surface area (Å²) in [5.74, 6) is 1.24. The van der Waals surface area contributed by atoms with Crippen molar-refractivity contribution >= 4 is 29.2 Å². The van der Waals surface area contributed by atoms with Crippen LogP contribution < -0.4 is 0 Å². The van der Waals surface area contributed by atoms with Crippen LogP contribution in [0.4, 0.5) is 0 Å². The first-order valence-electron chi connectivity index (χ1n) is 3.30. The van der Waals surface area contributed by atoms with E-state index in [1.54, 1.807) is 11.3 Å². The molecule has 0 saturated heterocycles. The number of rotatable bonds is 0. The number of hydrogen-bond acceptors (Lipinski definition) is 2. The molecule has 52 valence electrons. The van der Waals surface area contributed by atoms with Gasteiger partial charge in [-0.15, -0.1) is 11.8 Å². The predicted molar refractivity (Wildman–Crippen MR) is 49.5 cm³/mol. The van der Waals surface area contributed by atoms with E-state index in [1.807, 2.05) is 11.8 Å². The lowest BCUT2D eigenvalue weighted by Crippen LogP contribution is -1.83. The summed E-state index contributed by atoms with van der Waals surface area (Å²) in [5, 5.41) is 6.67. The minimum absolute atomic E-state index is 1.23. The fourth-order valence-electron chi connectivity index (χ4n) is 1.04. The van der Waals surface area contributed by atoms with E-state index in [1.165, 1.54) is 23.3 Å². The maximum absolute atomic E-state index is 2.26. The minimum Gasteiger partial charge on any atom is -0.152 e. The van der Waals surface area contributed by atoms with E-state index in [2.05, 4.69) is 22.2 Å². The molecular weight excluding hydrogens is 160 g/mol. The van der Waals surface area contributed by atoms with Crippen molar-refractivity contribution in [2.24, 2.45) is 0 Å². The van der Waals surface area contributed by atoms with Gasteiger partial charge in [-0.05, 0) is 39.8 Å². The van der Waals surface area contributed by atoms with Crippen LogP contribution in [0.2, 0.25) is 0 Å². The zero-order valence-electron chi connectivity index (χ0n) is 5.54. The van der Waals surface area contributed by atoms with Gasteiger partial charge in [0.05, 0.1) is 0 Å². The van der Waals surface area contributed by atoms with E-state index in [4.69, 9.17) is 0 Å². The molecule has 1 aromatic heterocycles. The van der Waals surface area contributed by atoms with Crippen molar-refractivity contribution in [1.29, 1.82) is 0 Å². The van der Waals surface area contributed by atoms with Gasteiger partial charge in [-0.3, -0.25) is 0 Å². The normalized spacial score (nSPS) is 16.4. The standard InChI is InChI=1S/C8H8S2/c1-3-9-4-2-8-6-10-5-7(1)8/h1,3,5-6H,2,4H2. The average Bonchev–Trinajstić information content (AvgIpc) is 2.28. The lowest BCUT2D eigenvalue weighted by atomic mass is 10.1. The van der Waals surface area contributed by atoms with E-state index in [-0.39, 0.29) is 0 Å². The van der Waals surface area contributed by atoms with Gasteiger partial charge in [-0.25, -0.2) is 0 Å². The topological polar surface area (TPSA) is 0 Å². The minimum atomic E-state index is 1.23. The molecule has 0 bridgehead atoms. The number of thioether (sulfide) groups is 1. The van der Waals surface area contributed by atoms with Crippen LogP contribution in [0.1, 0.15) is 11.1 Å². The lowest BCUT2D eigenvalue weighted by molar-refractivity contribution is 1.17. The third-order valence-electron chi connectivity index (χ3n) is 1.61. The molecule has 0 saturated carbocycles. The Morgan fingerprint density at radius 3 is 3.30 bits per heavy atom. The quantitative estimate of drug-likeness (QED) is 0.574. The first kappa shape index (κ1) is 6.50. The highest BCUT2D eigenvalue weighted by Gasteiger charge is 2.02. The molecule has 0 unspecified atom stereocenters. The maximum Gasteiger partial charge on any atom is 0.00151 e. The van der Waals surface area contributed by atoms with Crippen molar-refractivity contribution in [3.05, 3.63) is 27.3 Å². The van der Waals surface area contributed by atoms with E-state index < -0.39 is 0 Å². The summed E-state index contributed by atoms with van der Waals surface area (Å²) in [6.07, 6.45) is 3.44. The van der Waals surface area contributed by atoms with Crippen LogP contribution in [0.5, 0.6) is 0 Å². The molecule has 1 aliphatic rings. The van der Waals surface area contributed by atoms with E-state index in [0.717, 1.165) is 0 Å². The number of aryl methyl sites for hydroxylation is 1. The highest BCUT2D eigenvalue weighted by molar-refractivity contribution is 8.02. The molecule has 0 fully saturated rings. The molecular formula is C8H8S2. The summed E-state index contributed by atoms with van der Waals surface area (Å²) < 4.78 is 0. The van der Waals surface area contributed by atoms with Crippen LogP contribution in [0, 0.1) is 0 Å². The Labute approximate surface area is 69.0 Å². The largest absolute Gasteiger partial charge is 0.152 e. The van der Waals surface area contributed by atoms with Crippen molar-refractivity contribution in [1.82, 2.24) is 0 Å². The van der Waals surface area contributed by atoms with Gasteiger partial charge in [0.2, 0.25) is 0 Å². The summed E-state index contributed by atoms with van der Waals surface area (Å²) in [5.41, 5.74) is 2.95. The predicted octanol–water partition coefficient (Wildman–Crippen LogP) is 3.01.